The van der Waals surface area contributed by atoms with Crippen molar-refractivity contribution < 1.29 is 28.6 Å². The van der Waals surface area contributed by atoms with Crippen LogP contribution in [-0.2, 0) is 14.3 Å². The van der Waals surface area contributed by atoms with Gasteiger partial charge < -0.3 is 19.9 Å². The summed E-state index contributed by atoms with van der Waals surface area (Å²) >= 11 is 0. The van der Waals surface area contributed by atoms with Gasteiger partial charge in [0.1, 0.15) is 17.7 Å². The third kappa shape index (κ3) is 7.28. The van der Waals surface area contributed by atoms with Crippen molar-refractivity contribution in [2.45, 2.75) is 13.0 Å². The average Bonchev–Trinajstić information content (AvgIpc) is 3.25. The van der Waals surface area contributed by atoms with Crippen molar-refractivity contribution in [2.24, 2.45) is 10.7 Å². The number of hydrogen-bond donors (Lipinski definition) is 1. The third-order valence-electron chi connectivity index (χ3n) is 6.09. The maximum atomic E-state index is 12.5. The molecule has 2 aliphatic rings. The number of benzene rings is 2. The Balaban J connectivity index is 1.27. The summed E-state index contributed by atoms with van der Waals surface area (Å²) < 4.78 is 15.7. The number of ether oxygens (including phenoxy) is 3. The summed E-state index contributed by atoms with van der Waals surface area (Å²) in [6.07, 6.45) is -1.49. The first kappa shape index (κ1) is 26.1. The van der Waals surface area contributed by atoms with Crippen LogP contribution in [-0.4, -0.2) is 92.3 Å². The van der Waals surface area contributed by atoms with E-state index in [4.69, 9.17) is 19.9 Å². The van der Waals surface area contributed by atoms with Crippen LogP contribution in [0.15, 0.2) is 59.6 Å². The van der Waals surface area contributed by atoms with E-state index < -0.39 is 12.2 Å². The minimum Gasteiger partial charge on any atom is -0.465 e. The summed E-state index contributed by atoms with van der Waals surface area (Å²) in [6, 6.07) is 15.4. The number of nitrogens with two attached hydrogens (primary N) is 1. The van der Waals surface area contributed by atoms with Crippen LogP contribution in [0.4, 0.5) is 15.3 Å². The SMILES string of the molecule is CCOC(=O)CN1CCN(CC2CN(c3ccc(/C(N)=N\C(=O)Oc4ccccc4)cc3)C(=O)O2)CC1. The smallest absolute Gasteiger partial charge is 0.441 e. The number of anilines is 1. The molecule has 1 atom stereocenters. The minimum atomic E-state index is -0.819. The molecular weight excluding hydrogens is 478 g/mol. The Morgan fingerprint density at radius 3 is 2.38 bits per heavy atom. The molecule has 2 N–H and O–H groups in total. The summed E-state index contributed by atoms with van der Waals surface area (Å²) in [6.45, 7) is 6.61. The van der Waals surface area contributed by atoms with E-state index in [-0.39, 0.29) is 17.9 Å². The van der Waals surface area contributed by atoms with E-state index in [2.05, 4.69) is 14.8 Å². The number of amides is 2. The average molecular weight is 510 g/mol. The Hall–Kier alpha value is -3.96. The highest BCUT2D eigenvalue weighted by molar-refractivity contribution is 6.03. The first-order valence-corrected chi connectivity index (χ1v) is 12.2. The lowest BCUT2D eigenvalue weighted by atomic mass is 10.1. The van der Waals surface area contributed by atoms with Gasteiger partial charge >= 0.3 is 18.2 Å². The van der Waals surface area contributed by atoms with E-state index in [1.165, 1.54) is 0 Å². The highest BCUT2D eigenvalue weighted by Crippen LogP contribution is 2.23. The fourth-order valence-corrected chi connectivity index (χ4v) is 4.22. The molecule has 0 aromatic heterocycles. The van der Waals surface area contributed by atoms with E-state index in [9.17, 15) is 14.4 Å². The van der Waals surface area contributed by atoms with Gasteiger partial charge in [0.25, 0.3) is 0 Å². The molecule has 0 aliphatic carbocycles. The zero-order valence-electron chi connectivity index (χ0n) is 20.7. The van der Waals surface area contributed by atoms with Crippen LogP contribution >= 0.6 is 0 Å². The van der Waals surface area contributed by atoms with E-state index in [1.807, 2.05) is 6.07 Å². The highest BCUT2D eigenvalue weighted by Gasteiger charge is 2.34. The third-order valence-corrected chi connectivity index (χ3v) is 6.09. The number of carbonyl (C=O) groups is 3. The molecule has 2 aliphatic heterocycles. The second-order valence-electron chi connectivity index (χ2n) is 8.72. The molecule has 11 nitrogen and oxygen atoms in total. The summed E-state index contributed by atoms with van der Waals surface area (Å²) in [5, 5.41) is 0. The number of nitrogens with zero attached hydrogens (tertiary/aromatic N) is 4. The van der Waals surface area contributed by atoms with E-state index in [1.54, 1.807) is 60.4 Å². The zero-order chi connectivity index (χ0) is 26.2. The van der Waals surface area contributed by atoms with Gasteiger partial charge in [-0.3, -0.25) is 19.5 Å². The van der Waals surface area contributed by atoms with E-state index in [0.29, 0.717) is 43.2 Å². The molecule has 0 spiro atoms. The second-order valence-corrected chi connectivity index (χ2v) is 8.72. The van der Waals surface area contributed by atoms with Crippen molar-refractivity contribution >= 4 is 29.7 Å². The largest absolute Gasteiger partial charge is 0.465 e. The molecule has 2 amide bonds. The maximum absolute atomic E-state index is 12.5. The van der Waals surface area contributed by atoms with Crippen molar-refractivity contribution in [2.75, 3.05) is 57.3 Å². The number of amidine groups is 1. The Bertz CT molecular complexity index is 1120. The molecular formula is C26H31N5O6. The zero-order valence-corrected chi connectivity index (χ0v) is 20.7. The fraction of sp³-hybridized carbons (Fsp3) is 0.385. The van der Waals surface area contributed by atoms with Gasteiger partial charge in [0.15, 0.2) is 0 Å². The van der Waals surface area contributed by atoms with Gasteiger partial charge in [0, 0.05) is 44.0 Å². The van der Waals surface area contributed by atoms with Crippen molar-refractivity contribution in [1.29, 1.82) is 0 Å². The molecule has 4 rings (SSSR count). The lowest BCUT2D eigenvalue weighted by Gasteiger charge is -2.34. The van der Waals surface area contributed by atoms with Gasteiger partial charge in [-0.05, 0) is 43.3 Å². The number of carbonyl (C=O) groups excluding carboxylic acids is 3. The van der Waals surface area contributed by atoms with Crippen LogP contribution in [0.1, 0.15) is 12.5 Å². The number of esters is 1. The Kier molecular flexibility index (Phi) is 8.70. The van der Waals surface area contributed by atoms with Gasteiger partial charge in [-0.15, -0.1) is 0 Å². The number of cyclic esters (lactones) is 1. The number of hydrogen-bond acceptors (Lipinski definition) is 8. The Morgan fingerprint density at radius 1 is 1.03 bits per heavy atom. The first-order valence-electron chi connectivity index (χ1n) is 12.2. The van der Waals surface area contributed by atoms with Crippen LogP contribution in [0, 0.1) is 0 Å². The van der Waals surface area contributed by atoms with E-state index >= 15 is 0 Å². The predicted octanol–water partition coefficient (Wildman–Crippen LogP) is 2.10. The molecule has 11 heteroatoms. The summed E-state index contributed by atoms with van der Waals surface area (Å²) in [7, 11) is 0. The highest BCUT2D eigenvalue weighted by atomic mass is 16.6. The van der Waals surface area contributed by atoms with Crippen LogP contribution in [0.5, 0.6) is 5.75 Å². The minimum absolute atomic E-state index is 0.0106. The summed E-state index contributed by atoms with van der Waals surface area (Å²) in [5.74, 6) is 0.180. The summed E-state index contributed by atoms with van der Waals surface area (Å²) in [5.41, 5.74) is 7.16. The standard InChI is InChI=1S/C26H31N5O6/c1-2-35-23(32)18-30-14-12-29(13-15-30)16-22-17-31(26(34)37-22)20-10-8-19(9-11-20)24(27)28-25(33)36-21-6-4-3-5-7-21/h3-11,22H,2,12-18H2,1H3,(H2,27,28,33). The normalized spacial score (nSPS) is 18.9. The Labute approximate surface area is 215 Å². The number of piperazine rings is 1. The molecule has 2 fully saturated rings. The van der Waals surface area contributed by atoms with Gasteiger partial charge in [-0.1, -0.05) is 18.2 Å². The fourth-order valence-electron chi connectivity index (χ4n) is 4.22. The number of rotatable bonds is 8. The molecule has 2 aromatic rings. The molecule has 0 radical (unpaired) electrons. The quantitative estimate of drug-likeness (QED) is 0.323. The molecule has 1 unspecified atom stereocenters. The van der Waals surface area contributed by atoms with Crippen LogP contribution < -0.4 is 15.4 Å². The van der Waals surface area contributed by atoms with E-state index in [0.717, 1.165) is 26.2 Å². The maximum Gasteiger partial charge on any atom is 0.441 e. The molecule has 2 heterocycles. The van der Waals surface area contributed by atoms with Gasteiger partial charge in [-0.2, -0.15) is 4.99 Å². The number of para-hydroxylation sites is 1. The number of aliphatic imine (C=N–C) groups is 1. The molecule has 2 saturated heterocycles. The van der Waals surface area contributed by atoms with Crippen molar-refractivity contribution in [3.8, 4) is 5.75 Å². The molecule has 196 valence electrons. The van der Waals surface area contributed by atoms with Crippen LogP contribution in [0.3, 0.4) is 0 Å². The summed E-state index contributed by atoms with van der Waals surface area (Å²) in [4.78, 5) is 45.9. The van der Waals surface area contributed by atoms with Crippen molar-refractivity contribution in [1.82, 2.24) is 9.80 Å². The molecule has 37 heavy (non-hydrogen) atoms. The molecule has 0 saturated carbocycles. The predicted molar refractivity (Wildman–Crippen MR) is 137 cm³/mol. The van der Waals surface area contributed by atoms with Gasteiger partial charge in [0.05, 0.1) is 19.7 Å². The lowest BCUT2D eigenvalue weighted by Crippen LogP contribution is -2.50. The van der Waals surface area contributed by atoms with Gasteiger partial charge in [-0.25, -0.2) is 9.59 Å². The van der Waals surface area contributed by atoms with Crippen LogP contribution in [0.2, 0.25) is 0 Å². The Morgan fingerprint density at radius 2 is 1.70 bits per heavy atom. The van der Waals surface area contributed by atoms with Gasteiger partial charge in [0.2, 0.25) is 0 Å². The van der Waals surface area contributed by atoms with Crippen LogP contribution in [0.25, 0.3) is 0 Å². The molecule has 2 aromatic carbocycles. The molecule has 0 bridgehead atoms. The second kappa shape index (κ2) is 12.3. The van der Waals surface area contributed by atoms with Crippen molar-refractivity contribution in [3.63, 3.8) is 0 Å². The lowest BCUT2D eigenvalue weighted by molar-refractivity contribution is -0.144. The topological polar surface area (TPSA) is 127 Å². The van der Waals surface area contributed by atoms with Crippen molar-refractivity contribution in [3.05, 3.63) is 60.2 Å². The first-order chi connectivity index (χ1) is 17.9. The monoisotopic (exact) mass is 509 g/mol.